The van der Waals surface area contributed by atoms with Crippen molar-refractivity contribution in [1.82, 2.24) is 0 Å². The maximum atomic E-state index is 8.71. The predicted molar refractivity (Wildman–Crippen MR) is 65.7 cm³/mol. The molecule has 2 heteroatoms. The lowest BCUT2D eigenvalue weighted by atomic mass is 9.87. The van der Waals surface area contributed by atoms with E-state index in [2.05, 4.69) is 37.3 Å². The van der Waals surface area contributed by atoms with Crippen molar-refractivity contribution in [3.63, 3.8) is 0 Å². The summed E-state index contributed by atoms with van der Waals surface area (Å²) in [5.74, 6) is 0. The molecule has 0 radical (unpaired) electrons. The Morgan fingerprint density at radius 2 is 2.25 bits per heavy atom. The highest BCUT2D eigenvalue weighted by Crippen LogP contribution is 2.28. The van der Waals surface area contributed by atoms with Gasteiger partial charge in [-0.25, -0.2) is 0 Å². The zero-order chi connectivity index (χ0) is 11.5. The summed E-state index contributed by atoms with van der Waals surface area (Å²) in [6.45, 7) is 2.13. The number of nitrogens with zero attached hydrogens (tertiary/aromatic N) is 1. The van der Waals surface area contributed by atoms with E-state index in [0.29, 0.717) is 6.42 Å². The van der Waals surface area contributed by atoms with Gasteiger partial charge >= 0.3 is 0 Å². The molecule has 2 nitrogen and oxygen atoms in total. The lowest BCUT2D eigenvalue weighted by molar-refractivity contribution is 0.763. The standard InChI is InChI=1S/C14H16N2/c1-10-3-2-4-12-6-5-11(8-14(10)12)7-13(16)9-15/h2-4,8,13H,5-7,16H2,1H3/t13-/m1/s1. The summed E-state index contributed by atoms with van der Waals surface area (Å²) in [7, 11) is 0. The zero-order valence-electron chi connectivity index (χ0n) is 9.53. The van der Waals surface area contributed by atoms with Crippen molar-refractivity contribution >= 4 is 6.08 Å². The van der Waals surface area contributed by atoms with Gasteiger partial charge in [-0.15, -0.1) is 0 Å². The smallest absolute Gasteiger partial charge is 0.0965 e. The second-order valence-electron chi connectivity index (χ2n) is 4.39. The molecule has 0 heterocycles. The number of benzene rings is 1. The Morgan fingerprint density at radius 1 is 1.44 bits per heavy atom. The van der Waals surface area contributed by atoms with E-state index in [0.717, 1.165) is 12.8 Å². The lowest BCUT2D eigenvalue weighted by Crippen LogP contribution is -2.18. The minimum absolute atomic E-state index is 0.364. The Labute approximate surface area is 96.4 Å². The first-order valence-corrected chi connectivity index (χ1v) is 5.64. The normalized spacial score (nSPS) is 15.9. The van der Waals surface area contributed by atoms with Gasteiger partial charge in [-0.3, -0.25) is 0 Å². The highest BCUT2D eigenvalue weighted by molar-refractivity contribution is 5.62. The molecule has 0 bridgehead atoms. The highest BCUT2D eigenvalue weighted by Gasteiger charge is 2.13. The van der Waals surface area contributed by atoms with Crippen molar-refractivity contribution in [2.75, 3.05) is 0 Å². The minimum atomic E-state index is -0.364. The fourth-order valence-electron chi connectivity index (χ4n) is 2.23. The van der Waals surface area contributed by atoms with Gasteiger partial charge in [0, 0.05) is 0 Å². The van der Waals surface area contributed by atoms with E-state index in [9.17, 15) is 0 Å². The van der Waals surface area contributed by atoms with Crippen LogP contribution in [0.15, 0.2) is 23.8 Å². The molecule has 1 aromatic rings. The number of nitriles is 1. The van der Waals surface area contributed by atoms with Crippen molar-refractivity contribution in [2.45, 2.75) is 32.2 Å². The summed E-state index contributed by atoms with van der Waals surface area (Å²) >= 11 is 0. The summed E-state index contributed by atoms with van der Waals surface area (Å²) in [5.41, 5.74) is 11.0. The summed E-state index contributed by atoms with van der Waals surface area (Å²) in [6, 6.07) is 8.14. The number of aryl methyl sites for hydroxylation is 2. The molecule has 0 aliphatic heterocycles. The molecule has 0 saturated heterocycles. The lowest BCUT2D eigenvalue weighted by Gasteiger charge is -2.18. The molecule has 0 fully saturated rings. The fraction of sp³-hybridized carbons (Fsp3) is 0.357. The van der Waals surface area contributed by atoms with E-state index >= 15 is 0 Å². The molecule has 1 aliphatic rings. The van der Waals surface area contributed by atoms with Crippen molar-refractivity contribution in [2.24, 2.45) is 5.73 Å². The van der Waals surface area contributed by atoms with E-state index in [1.807, 2.05) is 0 Å². The molecule has 82 valence electrons. The van der Waals surface area contributed by atoms with Gasteiger partial charge in [0.2, 0.25) is 0 Å². The minimum Gasteiger partial charge on any atom is -0.316 e. The van der Waals surface area contributed by atoms with Crippen LogP contribution in [0.4, 0.5) is 0 Å². The number of nitrogens with two attached hydrogens (primary N) is 1. The van der Waals surface area contributed by atoms with Gasteiger partial charge in [-0.2, -0.15) is 5.26 Å². The second-order valence-corrected chi connectivity index (χ2v) is 4.39. The molecule has 2 N–H and O–H groups in total. The van der Waals surface area contributed by atoms with Gasteiger partial charge in [0.1, 0.15) is 0 Å². The maximum Gasteiger partial charge on any atom is 0.0965 e. The van der Waals surface area contributed by atoms with E-state index < -0.39 is 0 Å². The summed E-state index contributed by atoms with van der Waals surface area (Å²) in [4.78, 5) is 0. The summed E-state index contributed by atoms with van der Waals surface area (Å²) in [5, 5.41) is 8.71. The van der Waals surface area contributed by atoms with Crippen molar-refractivity contribution in [3.8, 4) is 6.07 Å². The number of hydrogen-bond acceptors (Lipinski definition) is 2. The van der Waals surface area contributed by atoms with Gasteiger partial charge < -0.3 is 5.73 Å². The molecule has 0 saturated carbocycles. The first-order chi connectivity index (χ1) is 7.70. The van der Waals surface area contributed by atoms with Crippen LogP contribution in [0.25, 0.3) is 6.08 Å². The van der Waals surface area contributed by atoms with E-state index in [4.69, 9.17) is 11.0 Å². The summed E-state index contributed by atoms with van der Waals surface area (Å²) < 4.78 is 0. The Balaban J connectivity index is 2.28. The van der Waals surface area contributed by atoms with Gasteiger partial charge in [0.05, 0.1) is 12.1 Å². The number of fused-ring (bicyclic) bond motifs is 1. The largest absolute Gasteiger partial charge is 0.316 e. The van der Waals surface area contributed by atoms with Gasteiger partial charge in [0.25, 0.3) is 0 Å². The van der Waals surface area contributed by atoms with Crippen LogP contribution in [-0.4, -0.2) is 6.04 Å². The topological polar surface area (TPSA) is 49.8 Å². The molecular formula is C14H16N2. The molecule has 0 amide bonds. The van der Waals surface area contributed by atoms with Crippen LogP contribution in [0.1, 0.15) is 29.5 Å². The molecule has 1 aromatic carbocycles. The number of rotatable bonds is 2. The van der Waals surface area contributed by atoms with E-state index in [1.165, 1.54) is 22.3 Å². The molecule has 0 spiro atoms. The maximum absolute atomic E-state index is 8.71. The van der Waals surface area contributed by atoms with Crippen LogP contribution in [-0.2, 0) is 6.42 Å². The molecule has 1 atom stereocenters. The average molecular weight is 212 g/mol. The predicted octanol–water partition coefficient (Wildman–Crippen LogP) is 2.57. The molecular weight excluding hydrogens is 196 g/mol. The molecule has 0 unspecified atom stereocenters. The zero-order valence-corrected chi connectivity index (χ0v) is 9.53. The molecule has 16 heavy (non-hydrogen) atoms. The van der Waals surface area contributed by atoms with Crippen LogP contribution < -0.4 is 5.73 Å². The number of hydrogen-bond donors (Lipinski definition) is 1. The van der Waals surface area contributed by atoms with Crippen LogP contribution in [0, 0.1) is 18.3 Å². The third-order valence-electron chi connectivity index (χ3n) is 3.13. The fourth-order valence-corrected chi connectivity index (χ4v) is 2.23. The van der Waals surface area contributed by atoms with Crippen molar-refractivity contribution in [3.05, 3.63) is 40.5 Å². The Kier molecular flexibility index (Phi) is 3.07. The van der Waals surface area contributed by atoms with Crippen LogP contribution in [0.2, 0.25) is 0 Å². The van der Waals surface area contributed by atoms with Crippen LogP contribution in [0.3, 0.4) is 0 Å². The third-order valence-corrected chi connectivity index (χ3v) is 3.13. The summed E-state index contributed by atoms with van der Waals surface area (Å²) in [6.07, 6.45) is 5.02. The highest BCUT2D eigenvalue weighted by atomic mass is 14.6. The SMILES string of the molecule is Cc1cccc2c1C=C(C[C@@H](N)C#N)CC2. The molecule has 0 aromatic heterocycles. The first kappa shape index (κ1) is 10.9. The Bertz CT molecular complexity index is 466. The van der Waals surface area contributed by atoms with Gasteiger partial charge in [-0.1, -0.05) is 29.8 Å². The third kappa shape index (κ3) is 2.15. The molecule has 1 aliphatic carbocycles. The van der Waals surface area contributed by atoms with E-state index in [-0.39, 0.29) is 6.04 Å². The van der Waals surface area contributed by atoms with Gasteiger partial charge in [-0.05, 0) is 42.9 Å². The monoisotopic (exact) mass is 212 g/mol. The Hall–Kier alpha value is -1.59. The van der Waals surface area contributed by atoms with Crippen LogP contribution in [0.5, 0.6) is 0 Å². The average Bonchev–Trinajstić information content (AvgIpc) is 2.30. The quantitative estimate of drug-likeness (QED) is 0.819. The molecule has 2 rings (SSSR count). The first-order valence-electron chi connectivity index (χ1n) is 5.64. The van der Waals surface area contributed by atoms with Crippen molar-refractivity contribution < 1.29 is 0 Å². The Morgan fingerprint density at radius 3 is 3.00 bits per heavy atom. The van der Waals surface area contributed by atoms with E-state index in [1.54, 1.807) is 0 Å². The van der Waals surface area contributed by atoms with Crippen molar-refractivity contribution in [1.29, 1.82) is 5.26 Å². The van der Waals surface area contributed by atoms with Crippen LogP contribution >= 0.6 is 0 Å². The second kappa shape index (κ2) is 4.51. The van der Waals surface area contributed by atoms with Gasteiger partial charge in [0.15, 0.2) is 0 Å².